The summed E-state index contributed by atoms with van der Waals surface area (Å²) in [6.07, 6.45) is 2.79. The monoisotopic (exact) mass is 258 g/mol. The van der Waals surface area contributed by atoms with Crippen molar-refractivity contribution < 1.29 is 4.79 Å². The summed E-state index contributed by atoms with van der Waals surface area (Å²) in [5, 5.41) is 0. The van der Waals surface area contributed by atoms with Gasteiger partial charge in [-0.3, -0.25) is 4.79 Å². The smallest absolute Gasteiger partial charge is 0.223 e. The minimum absolute atomic E-state index is 0.238. The predicted molar refractivity (Wildman–Crippen MR) is 75.5 cm³/mol. The zero-order valence-corrected chi connectivity index (χ0v) is 12.2. The van der Waals surface area contributed by atoms with Crippen molar-refractivity contribution in [2.75, 3.05) is 32.4 Å². The lowest BCUT2D eigenvalue weighted by atomic mass is 10.0. The molecule has 1 aliphatic rings. The predicted octanol–water partition coefficient (Wildman–Crippen LogP) is 1.89. The molecule has 0 aromatic rings. The molecule has 1 amide bonds. The van der Waals surface area contributed by atoms with Crippen molar-refractivity contribution in [2.45, 2.75) is 39.2 Å². The molecule has 0 radical (unpaired) electrons. The van der Waals surface area contributed by atoms with E-state index in [1.54, 1.807) is 0 Å². The molecule has 0 unspecified atom stereocenters. The van der Waals surface area contributed by atoms with Crippen molar-refractivity contribution in [3.05, 3.63) is 0 Å². The van der Waals surface area contributed by atoms with E-state index in [2.05, 4.69) is 31.4 Å². The second kappa shape index (κ2) is 7.27. The summed E-state index contributed by atoms with van der Waals surface area (Å²) < 4.78 is 0. The van der Waals surface area contributed by atoms with Gasteiger partial charge in [-0.2, -0.15) is 12.6 Å². The van der Waals surface area contributed by atoms with Gasteiger partial charge in [0.2, 0.25) is 5.91 Å². The van der Waals surface area contributed by atoms with Crippen LogP contribution in [0.2, 0.25) is 0 Å². The zero-order valence-electron chi connectivity index (χ0n) is 11.4. The van der Waals surface area contributed by atoms with Crippen molar-refractivity contribution in [2.24, 2.45) is 5.92 Å². The Hall–Kier alpha value is -0.220. The van der Waals surface area contributed by atoms with Gasteiger partial charge in [0.1, 0.15) is 0 Å². The van der Waals surface area contributed by atoms with Gasteiger partial charge in [0.25, 0.3) is 0 Å². The van der Waals surface area contributed by atoms with E-state index in [0.717, 1.165) is 31.8 Å². The van der Waals surface area contributed by atoms with E-state index in [1.807, 2.05) is 11.9 Å². The van der Waals surface area contributed by atoms with E-state index >= 15 is 0 Å². The first kappa shape index (κ1) is 14.8. The Morgan fingerprint density at radius 2 is 2.00 bits per heavy atom. The Morgan fingerprint density at radius 3 is 2.47 bits per heavy atom. The number of hydrogen-bond donors (Lipinski definition) is 1. The molecule has 100 valence electrons. The standard InChI is InChI=1S/C13H26N2OS/c1-11(2)10-15-7-4-12(5-8-15)14(3)13(16)6-9-17/h11-12,17H,4-10H2,1-3H3. The SMILES string of the molecule is CC(C)CN1CCC(N(C)C(=O)CCS)CC1. The van der Waals surface area contributed by atoms with Crippen LogP contribution >= 0.6 is 12.6 Å². The van der Waals surface area contributed by atoms with Gasteiger partial charge in [-0.15, -0.1) is 0 Å². The Kier molecular flexibility index (Phi) is 6.34. The summed E-state index contributed by atoms with van der Waals surface area (Å²) >= 11 is 4.11. The molecule has 0 aromatic carbocycles. The summed E-state index contributed by atoms with van der Waals surface area (Å²) in [4.78, 5) is 16.2. The highest BCUT2D eigenvalue weighted by Gasteiger charge is 2.24. The fraction of sp³-hybridized carbons (Fsp3) is 0.923. The van der Waals surface area contributed by atoms with Crippen molar-refractivity contribution >= 4 is 18.5 Å². The maximum absolute atomic E-state index is 11.8. The molecule has 0 bridgehead atoms. The number of rotatable bonds is 5. The van der Waals surface area contributed by atoms with Gasteiger partial charge < -0.3 is 9.80 Å². The Morgan fingerprint density at radius 1 is 1.41 bits per heavy atom. The molecule has 0 spiro atoms. The lowest BCUT2D eigenvalue weighted by Gasteiger charge is -2.37. The quantitative estimate of drug-likeness (QED) is 0.761. The van der Waals surface area contributed by atoms with E-state index in [-0.39, 0.29) is 5.91 Å². The fourth-order valence-corrected chi connectivity index (χ4v) is 2.67. The average molecular weight is 258 g/mol. The molecule has 0 aromatic heterocycles. The first-order chi connectivity index (χ1) is 8.04. The average Bonchev–Trinajstić information content (AvgIpc) is 2.28. The van der Waals surface area contributed by atoms with E-state index in [4.69, 9.17) is 0 Å². The zero-order chi connectivity index (χ0) is 12.8. The Labute approximate surface area is 111 Å². The number of carbonyl (C=O) groups excluding carboxylic acids is 1. The van der Waals surface area contributed by atoms with Gasteiger partial charge in [0.15, 0.2) is 0 Å². The molecule has 4 heteroatoms. The number of piperidine rings is 1. The molecule has 1 heterocycles. The molecule has 1 saturated heterocycles. The molecule has 1 fully saturated rings. The van der Waals surface area contributed by atoms with Crippen molar-refractivity contribution in [1.29, 1.82) is 0 Å². The second-order valence-corrected chi connectivity index (χ2v) is 5.85. The third-order valence-electron chi connectivity index (χ3n) is 3.45. The highest BCUT2D eigenvalue weighted by Crippen LogP contribution is 2.17. The molecule has 1 rings (SSSR count). The molecule has 0 saturated carbocycles. The Balaban J connectivity index is 2.33. The minimum Gasteiger partial charge on any atom is -0.343 e. The molecule has 0 N–H and O–H groups in total. The molecule has 3 nitrogen and oxygen atoms in total. The maximum atomic E-state index is 11.8. The van der Waals surface area contributed by atoms with Crippen LogP contribution in [-0.4, -0.2) is 54.2 Å². The van der Waals surface area contributed by atoms with Gasteiger partial charge >= 0.3 is 0 Å². The van der Waals surface area contributed by atoms with Crippen LogP contribution in [0.25, 0.3) is 0 Å². The highest BCUT2D eigenvalue weighted by molar-refractivity contribution is 7.80. The minimum atomic E-state index is 0.238. The third kappa shape index (κ3) is 4.88. The Bertz CT molecular complexity index is 238. The number of thiol groups is 1. The van der Waals surface area contributed by atoms with Crippen LogP contribution in [0.5, 0.6) is 0 Å². The van der Waals surface area contributed by atoms with E-state index in [9.17, 15) is 4.79 Å². The van der Waals surface area contributed by atoms with Crippen molar-refractivity contribution in [1.82, 2.24) is 9.80 Å². The first-order valence-corrected chi connectivity index (χ1v) is 7.26. The fourth-order valence-electron chi connectivity index (χ4n) is 2.48. The van der Waals surface area contributed by atoms with Crippen molar-refractivity contribution in [3.63, 3.8) is 0 Å². The van der Waals surface area contributed by atoms with Gasteiger partial charge in [-0.1, -0.05) is 13.8 Å². The van der Waals surface area contributed by atoms with Crippen LogP contribution in [0.4, 0.5) is 0 Å². The van der Waals surface area contributed by atoms with Gasteiger partial charge in [0, 0.05) is 39.1 Å². The lowest BCUT2D eigenvalue weighted by Crippen LogP contribution is -2.46. The molecule has 17 heavy (non-hydrogen) atoms. The first-order valence-electron chi connectivity index (χ1n) is 6.63. The topological polar surface area (TPSA) is 23.6 Å². The summed E-state index contributed by atoms with van der Waals surface area (Å²) in [5.41, 5.74) is 0. The van der Waals surface area contributed by atoms with Gasteiger partial charge in [-0.05, 0) is 24.5 Å². The summed E-state index contributed by atoms with van der Waals surface area (Å²) in [6, 6.07) is 0.436. The van der Waals surface area contributed by atoms with Gasteiger partial charge in [-0.25, -0.2) is 0 Å². The molecular weight excluding hydrogens is 232 g/mol. The number of hydrogen-bond acceptors (Lipinski definition) is 3. The number of amides is 1. The van der Waals surface area contributed by atoms with Crippen LogP contribution in [0.15, 0.2) is 0 Å². The van der Waals surface area contributed by atoms with E-state index < -0.39 is 0 Å². The van der Waals surface area contributed by atoms with Gasteiger partial charge in [0.05, 0.1) is 0 Å². The molecule has 0 atom stereocenters. The third-order valence-corrected chi connectivity index (χ3v) is 3.67. The summed E-state index contributed by atoms with van der Waals surface area (Å²) in [5.74, 6) is 1.62. The van der Waals surface area contributed by atoms with Crippen molar-refractivity contribution in [3.8, 4) is 0 Å². The molecular formula is C13H26N2OS. The number of nitrogens with zero attached hydrogens (tertiary/aromatic N) is 2. The maximum Gasteiger partial charge on any atom is 0.223 e. The number of likely N-dealkylation sites (tertiary alicyclic amines) is 1. The largest absolute Gasteiger partial charge is 0.343 e. The van der Waals surface area contributed by atoms with Crippen LogP contribution in [0.3, 0.4) is 0 Å². The summed E-state index contributed by atoms with van der Waals surface area (Å²) in [7, 11) is 1.94. The molecule has 0 aliphatic carbocycles. The van der Waals surface area contributed by atoms with Crippen LogP contribution < -0.4 is 0 Å². The number of carbonyl (C=O) groups is 1. The van der Waals surface area contributed by atoms with Crippen LogP contribution in [-0.2, 0) is 4.79 Å². The van der Waals surface area contributed by atoms with Crippen LogP contribution in [0.1, 0.15) is 33.1 Å². The lowest BCUT2D eigenvalue weighted by molar-refractivity contribution is -0.132. The van der Waals surface area contributed by atoms with E-state index in [0.29, 0.717) is 18.2 Å². The normalized spacial score (nSPS) is 18.6. The van der Waals surface area contributed by atoms with E-state index in [1.165, 1.54) is 6.54 Å². The highest BCUT2D eigenvalue weighted by atomic mass is 32.1. The summed E-state index contributed by atoms with van der Waals surface area (Å²) in [6.45, 7) is 7.95. The molecule has 1 aliphatic heterocycles. The van der Waals surface area contributed by atoms with Crippen LogP contribution in [0, 0.1) is 5.92 Å². The second-order valence-electron chi connectivity index (χ2n) is 5.40.